The fraction of sp³-hybridized carbons (Fsp3) is 0.909. The van der Waals surface area contributed by atoms with Crippen LogP contribution in [0.25, 0.3) is 0 Å². The number of aliphatic imine (C=N–C) groups is 1. The lowest BCUT2D eigenvalue weighted by atomic mass is 10.1. The second-order valence-corrected chi connectivity index (χ2v) is 4.52. The minimum absolute atomic E-state index is 0.674. The van der Waals surface area contributed by atoms with Crippen LogP contribution in [-0.4, -0.2) is 50.8 Å². The van der Waals surface area contributed by atoms with E-state index in [1.165, 1.54) is 19.3 Å². The Morgan fingerprint density at radius 1 is 1.47 bits per heavy atom. The normalized spacial score (nSPS) is 27.2. The van der Waals surface area contributed by atoms with Gasteiger partial charge in [0.1, 0.15) is 0 Å². The average molecular weight is 211 g/mol. The van der Waals surface area contributed by atoms with Crippen LogP contribution in [0.4, 0.5) is 0 Å². The molecule has 0 radical (unpaired) electrons. The number of methoxy groups -OCH3 is 1. The van der Waals surface area contributed by atoms with Crippen LogP contribution >= 0.6 is 0 Å². The molecule has 2 aliphatic rings. The van der Waals surface area contributed by atoms with Gasteiger partial charge in [-0.05, 0) is 19.3 Å². The zero-order valence-corrected chi connectivity index (χ0v) is 9.70. The molecular weight excluding hydrogens is 190 g/mol. The van der Waals surface area contributed by atoms with E-state index in [0.29, 0.717) is 12.0 Å². The van der Waals surface area contributed by atoms with Crippen molar-refractivity contribution in [3.8, 4) is 0 Å². The van der Waals surface area contributed by atoms with Crippen molar-refractivity contribution in [2.24, 2.45) is 10.9 Å². The van der Waals surface area contributed by atoms with Crippen molar-refractivity contribution in [3.05, 3.63) is 0 Å². The lowest BCUT2D eigenvalue weighted by Gasteiger charge is -2.21. The van der Waals surface area contributed by atoms with E-state index < -0.39 is 0 Å². The van der Waals surface area contributed by atoms with E-state index in [2.05, 4.69) is 15.2 Å². The first-order valence-corrected chi connectivity index (χ1v) is 5.80. The highest BCUT2D eigenvalue weighted by molar-refractivity contribution is 5.80. The third-order valence-electron chi connectivity index (χ3n) is 3.11. The number of hydrogen-bond donors (Lipinski definition) is 1. The second kappa shape index (κ2) is 4.84. The molecule has 1 heterocycles. The van der Waals surface area contributed by atoms with E-state index in [-0.39, 0.29) is 0 Å². The van der Waals surface area contributed by atoms with Crippen molar-refractivity contribution in [3.63, 3.8) is 0 Å². The summed E-state index contributed by atoms with van der Waals surface area (Å²) in [5, 5.41) is 3.48. The fourth-order valence-electron chi connectivity index (χ4n) is 2.10. The molecule has 2 fully saturated rings. The molecule has 1 aliphatic carbocycles. The Morgan fingerprint density at radius 3 is 2.87 bits per heavy atom. The van der Waals surface area contributed by atoms with Crippen LogP contribution in [0, 0.1) is 5.92 Å². The summed E-state index contributed by atoms with van der Waals surface area (Å²) in [7, 11) is 3.65. The monoisotopic (exact) mass is 211 g/mol. The average Bonchev–Trinajstić information content (AvgIpc) is 2.95. The molecule has 1 saturated carbocycles. The molecule has 4 heteroatoms. The number of likely N-dealkylation sites (tertiary alicyclic amines) is 1. The zero-order valence-electron chi connectivity index (χ0n) is 9.70. The van der Waals surface area contributed by atoms with Gasteiger partial charge in [-0.25, -0.2) is 0 Å². The zero-order chi connectivity index (χ0) is 10.7. The number of nitrogens with zero attached hydrogens (tertiary/aromatic N) is 2. The van der Waals surface area contributed by atoms with E-state index in [0.717, 1.165) is 25.7 Å². The predicted octanol–water partition coefficient (Wildman–Crippen LogP) is 0.692. The first-order chi connectivity index (χ1) is 7.33. The quantitative estimate of drug-likeness (QED) is 0.551. The van der Waals surface area contributed by atoms with Gasteiger partial charge in [-0.1, -0.05) is 0 Å². The van der Waals surface area contributed by atoms with Crippen molar-refractivity contribution in [1.29, 1.82) is 0 Å². The topological polar surface area (TPSA) is 36.9 Å². The molecule has 1 atom stereocenters. The van der Waals surface area contributed by atoms with Crippen molar-refractivity contribution >= 4 is 5.96 Å². The van der Waals surface area contributed by atoms with Gasteiger partial charge in [0.2, 0.25) is 0 Å². The highest BCUT2D eigenvalue weighted by atomic mass is 16.5. The standard InChI is InChI=1S/C11H21N3O/c1-12-11(13-10-3-4-10)14-6-5-9(7-14)8-15-2/h9-10H,3-8H2,1-2H3,(H,12,13). The van der Waals surface area contributed by atoms with Crippen LogP contribution in [0.5, 0.6) is 0 Å². The van der Waals surface area contributed by atoms with Gasteiger partial charge in [-0.3, -0.25) is 4.99 Å². The highest BCUT2D eigenvalue weighted by Gasteiger charge is 2.28. The van der Waals surface area contributed by atoms with Gasteiger partial charge in [0.05, 0.1) is 6.61 Å². The Labute approximate surface area is 91.7 Å². The van der Waals surface area contributed by atoms with Gasteiger partial charge in [0.15, 0.2) is 5.96 Å². The third-order valence-corrected chi connectivity index (χ3v) is 3.11. The number of ether oxygens (including phenoxy) is 1. The van der Waals surface area contributed by atoms with Crippen LogP contribution in [0.1, 0.15) is 19.3 Å². The largest absolute Gasteiger partial charge is 0.384 e. The highest BCUT2D eigenvalue weighted by Crippen LogP contribution is 2.21. The molecule has 0 aromatic rings. The Bertz CT molecular complexity index is 238. The Balaban J connectivity index is 1.81. The summed E-state index contributed by atoms with van der Waals surface area (Å²) < 4.78 is 5.19. The molecule has 1 unspecified atom stereocenters. The first kappa shape index (κ1) is 10.7. The molecule has 4 nitrogen and oxygen atoms in total. The van der Waals surface area contributed by atoms with Gasteiger partial charge in [-0.15, -0.1) is 0 Å². The van der Waals surface area contributed by atoms with E-state index in [4.69, 9.17) is 4.74 Å². The van der Waals surface area contributed by atoms with Crippen LogP contribution in [0.15, 0.2) is 4.99 Å². The predicted molar refractivity (Wildman–Crippen MR) is 61.1 cm³/mol. The van der Waals surface area contributed by atoms with E-state index in [1.54, 1.807) is 7.11 Å². The van der Waals surface area contributed by atoms with Crippen LogP contribution in [0.3, 0.4) is 0 Å². The molecule has 0 aromatic heterocycles. The van der Waals surface area contributed by atoms with Crippen LogP contribution < -0.4 is 5.32 Å². The van der Waals surface area contributed by atoms with Crippen LogP contribution in [0.2, 0.25) is 0 Å². The Morgan fingerprint density at radius 2 is 2.27 bits per heavy atom. The maximum atomic E-state index is 5.19. The molecule has 0 bridgehead atoms. The van der Waals surface area contributed by atoms with E-state index >= 15 is 0 Å². The summed E-state index contributed by atoms with van der Waals surface area (Å²) in [6.07, 6.45) is 3.82. The maximum absolute atomic E-state index is 5.19. The first-order valence-electron chi connectivity index (χ1n) is 5.80. The molecule has 2 rings (SSSR count). The van der Waals surface area contributed by atoms with Gasteiger partial charge >= 0.3 is 0 Å². The van der Waals surface area contributed by atoms with Gasteiger partial charge in [-0.2, -0.15) is 0 Å². The smallest absolute Gasteiger partial charge is 0.193 e. The number of guanidine groups is 1. The van der Waals surface area contributed by atoms with Crippen LogP contribution in [-0.2, 0) is 4.74 Å². The number of hydrogen-bond acceptors (Lipinski definition) is 2. The Hall–Kier alpha value is -0.770. The molecule has 0 spiro atoms. The summed E-state index contributed by atoms with van der Waals surface area (Å²) in [5.74, 6) is 1.75. The van der Waals surface area contributed by atoms with Gasteiger partial charge < -0.3 is 15.0 Å². The molecule has 86 valence electrons. The van der Waals surface area contributed by atoms with E-state index in [9.17, 15) is 0 Å². The molecule has 0 amide bonds. The summed E-state index contributed by atoms with van der Waals surface area (Å²) >= 11 is 0. The van der Waals surface area contributed by atoms with Crippen molar-refractivity contribution in [2.45, 2.75) is 25.3 Å². The number of rotatable bonds is 3. The number of nitrogens with one attached hydrogen (secondary N) is 1. The molecule has 0 aromatic carbocycles. The maximum Gasteiger partial charge on any atom is 0.193 e. The second-order valence-electron chi connectivity index (χ2n) is 4.52. The fourth-order valence-corrected chi connectivity index (χ4v) is 2.10. The van der Waals surface area contributed by atoms with Crippen molar-refractivity contribution < 1.29 is 4.74 Å². The van der Waals surface area contributed by atoms with Gasteiger partial charge in [0.25, 0.3) is 0 Å². The molecule has 1 N–H and O–H groups in total. The molecular formula is C11H21N3O. The van der Waals surface area contributed by atoms with E-state index in [1.807, 2.05) is 7.05 Å². The molecule has 1 aliphatic heterocycles. The minimum Gasteiger partial charge on any atom is -0.384 e. The summed E-state index contributed by atoms with van der Waals surface area (Å²) in [5.41, 5.74) is 0. The summed E-state index contributed by atoms with van der Waals surface area (Å²) in [6.45, 7) is 3.07. The summed E-state index contributed by atoms with van der Waals surface area (Å²) in [6, 6.07) is 0.685. The SMILES string of the molecule is CN=C(NC1CC1)N1CCC(COC)C1. The minimum atomic E-state index is 0.674. The lowest BCUT2D eigenvalue weighted by molar-refractivity contribution is 0.157. The molecule has 1 saturated heterocycles. The summed E-state index contributed by atoms with van der Waals surface area (Å²) in [4.78, 5) is 6.68. The lowest BCUT2D eigenvalue weighted by Crippen LogP contribution is -2.41. The molecule has 15 heavy (non-hydrogen) atoms. The Kier molecular flexibility index (Phi) is 3.46. The van der Waals surface area contributed by atoms with Crippen molar-refractivity contribution in [2.75, 3.05) is 33.9 Å². The third kappa shape index (κ3) is 2.84. The van der Waals surface area contributed by atoms with Gasteiger partial charge in [0, 0.05) is 39.2 Å². The van der Waals surface area contributed by atoms with Crippen molar-refractivity contribution in [1.82, 2.24) is 10.2 Å².